The fourth-order valence-electron chi connectivity index (χ4n) is 3.18. The lowest BCUT2D eigenvalue weighted by Gasteiger charge is -2.20. The van der Waals surface area contributed by atoms with Crippen molar-refractivity contribution < 1.29 is 4.79 Å². The number of nitrogens with one attached hydrogen (secondary N) is 1. The summed E-state index contributed by atoms with van der Waals surface area (Å²) in [6.07, 6.45) is 4.55. The highest BCUT2D eigenvalue weighted by molar-refractivity contribution is 5.92. The van der Waals surface area contributed by atoms with Crippen LogP contribution in [-0.2, 0) is 0 Å². The zero-order valence-electron chi connectivity index (χ0n) is 15.3. The first-order valence-electron chi connectivity index (χ1n) is 9.03. The van der Waals surface area contributed by atoms with Crippen LogP contribution < -0.4 is 5.32 Å². The topological polar surface area (TPSA) is 58.1 Å². The van der Waals surface area contributed by atoms with E-state index >= 15 is 0 Å². The van der Waals surface area contributed by atoms with Gasteiger partial charge in [0.05, 0.1) is 0 Å². The van der Waals surface area contributed by atoms with Crippen LogP contribution in [0.2, 0.25) is 0 Å². The third-order valence-corrected chi connectivity index (χ3v) is 4.82. The number of hydrogen-bond donors (Lipinski definition) is 1. The highest BCUT2D eigenvalue weighted by Gasteiger charge is 2.19. The molecule has 25 heavy (non-hydrogen) atoms. The molecular weight excluding hydrogens is 312 g/mol. The van der Waals surface area contributed by atoms with Gasteiger partial charge in [-0.05, 0) is 56.9 Å². The number of aromatic nitrogens is 2. The molecule has 0 spiro atoms. The van der Waals surface area contributed by atoms with Crippen molar-refractivity contribution >= 4 is 17.5 Å². The molecule has 2 aromatic rings. The first-order chi connectivity index (χ1) is 12.0. The van der Waals surface area contributed by atoms with Gasteiger partial charge in [0.15, 0.2) is 0 Å². The van der Waals surface area contributed by atoms with E-state index in [4.69, 9.17) is 0 Å². The van der Waals surface area contributed by atoms with Crippen molar-refractivity contribution in [3.63, 3.8) is 0 Å². The van der Waals surface area contributed by atoms with E-state index < -0.39 is 0 Å². The zero-order chi connectivity index (χ0) is 17.8. The quantitative estimate of drug-likeness (QED) is 0.913. The Hall–Kier alpha value is -2.43. The van der Waals surface area contributed by atoms with Crippen LogP contribution in [0.1, 0.15) is 53.0 Å². The molecule has 3 rings (SSSR count). The molecule has 0 saturated carbocycles. The number of benzene rings is 1. The average molecular weight is 338 g/mol. The Bertz CT molecular complexity index is 764. The Morgan fingerprint density at radius 2 is 1.76 bits per heavy atom. The lowest BCUT2D eigenvalue weighted by Crippen LogP contribution is -2.32. The zero-order valence-corrected chi connectivity index (χ0v) is 15.3. The monoisotopic (exact) mass is 338 g/mol. The standard InChI is InChI=1S/C20H26N4O/c1-14-9-8-10-17(16(14)3)22-20-21-15(2)13-18(23-20)19(25)24-11-6-4-5-7-12-24/h8-10,13H,4-7,11-12H2,1-3H3,(H,21,22,23). The van der Waals surface area contributed by atoms with E-state index in [1.54, 1.807) is 6.07 Å². The van der Waals surface area contributed by atoms with Crippen LogP contribution in [0, 0.1) is 20.8 Å². The summed E-state index contributed by atoms with van der Waals surface area (Å²) in [6, 6.07) is 7.86. The second kappa shape index (κ2) is 7.64. The SMILES string of the molecule is Cc1cc(C(=O)N2CCCCCC2)nc(Nc2cccc(C)c2C)n1. The molecule has 1 aliphatic heterocycles. The number of rotatable bonds is 3. The van der Waals surface area contributed by atoms with Gasteiger partial charge < -0.3 is 10.2 Å². The van der Waals surface area contributed by atoms with Gasteiger partial charge in [-0.15, -0.1) is 0 Å². The van der Waals surface area contributed by atoms with Crippen LogP contribution in [0.5, 0.6) is 0 Å². The van der Waals surface area contributed by atoms with Gasteiger partial charge in [-0.1, -0.05) is 25.0 Å². The number of hydrogen-bond acceptors (Lipinski definition) is 4. The van der Waals surface area contributed by atoms with Crippen LogP contribution in [-0.4, -0.2) is 33.9 Å². The molecule has 5 nitrogen and oxygen atoms in total. The highest BCUT2D eigenvalue weighted by Crippen LogP contribution is 2.22. The molecule has 1 saturated heterocycles. The molecule has 0 bridgehead atoms. The van der Waals surface area contributed by atoms with Gasteiger partial charge in [-0.25, -0.2) is 9.97 Å². The third-order valence-electron chi connectivity index (χ3n) is 4.82. The third kappa shape index (κ3) is 4.16. The number of anilines is 2. The lowest BCUT2D eigenvalue weighted by atomic mass is 10.1. The molecule has 0 aliphatic carbocycles. The maximum Gasteiger partial charge on any atom is 0.272 e. The normalized spacial score (nSPS) is 14.9. The van der Waals surface area contributed by atoms with Crippen LogP contribution >= 0.6 is 0 Å². The fraction of sp³-hybridized carbons (Fsp3) is 0.450. The van der Waals surface area contributed by atoms with Crippen LogP contribution in [0.25, 0.3) is 0 Å². The highest BCUT2D eigenvalue weighted by atomic mass is 16.2. The van der Waals surface area contributed by atoms with Crippen molar-refractivity contribution in [1.82, 2.24) is 14.9 Å². The number of aryl methyl sites for hydroxylation is 2. The summed E-state index contributed by atoms with van der Waals surface area (Å²) in [5.74, 6) is 0.489. The molecule has 1 amide bonds. The molecule has 1 fully saturated rings. The van der Waals surface area contributed by atoms with Crippen molar-refractivity contribution in [2.75, 3.05) is 18.4 Å². The van der Waals surface area contributed by atoms with E-state index in [9.17, 15) is 4.79 Å². The van der Waals surface area contributed by atoms with E-state index in [1.807, 2.05) is 24.0 Å². The summed E-state index contributed by atoms with van der Waals surface area (Å²) in [7, 11) is 0. The molecular formula is C20H26N4O. The van der Waals surface area contributed by atoms with E-state index in [0.717, 1.165) is 42.9 Å². The van der Waals surface area contributed by atoms with E-state index in [2.05, 4.69) is 35.2 Å². The molecule has 1 N–H and O–H groups in total. The van der Waals surface area contributed by atoms with Crippen LogP contribution in [0.4, 0.5) is 11.6 Å². The molecule has 1 aliphatic rings. The molecule has 132 valence electrons. The van der Waals surface area contributed by atoms with Crippen LogP contribution in [0.15, 0.2) is 24.3 Å². The van der Waals surface area contributed by atoms with E-state index in [-0.39, 0.29) is 5.91 Å². The van der Waals surface area contributed by atoms with Gasteiger partial charge in [0.1, 0.15) is 5.69 Å². The second-order valence-electron chi connectivity index (χ2n) is 6.80. The van der Waals surface area contributed by atoms with Gasteiger partial charge in [-0.2, -0.15) is 0 Å². The average Bonchev–Trinajstić information content (AvgIpc) is 2.87. The maximum atomic E-state index is 12.8. The molecule has 1 aromatic heterocycles. The smallest absolute Gasteiger partial charge is 0.272 e. The summed E-state index contributed by atoms with van der Waals surface area (Å²) in [6.45, 7) is 7.68. The largest absolute Gasteiger partial charge is 0.337 e. The summed E-state index contributed by atoms with van der Waals surface area (Å²) in [5.41, 5.74) is 4.61. The Morgan fingerprint density at radius 1 is 1.04 bits per heavy atom. The van der Waals surface area contributed by atoms with Gasteiger partial charge in [0.2, 0.25) is 5.95 Å². The number of carbonyl (C=O) groups excluding carboxylic acids is 1. The molecule has 5 heteroatoms. The minimum atomic E-state index is 0.0106. The Morgan fingerprint density at radius 3 is 2.48 bits per heavy atom. The second-order valence-corrected chi connectivity index (χ2v) is 6.80. The van der Waals surface area contributed by atoms with E-state index in [1.165, 1.54) is 18.4 Å². The Kier molecular flexibility index (Phi) is 5.31. The molecule has 0 atom stereocenters. The van der Waals surface area contributed by atoms with Crippen molar-refractivity contribution in [3.05, 3.63) is 46.8 Å². The van der Waals surface area contributed by atoms with E-state index in [0.29, 0.717) is 11.6 Å². The summed E-state index contributed by atoms with van der Waals surface area (Å²) >= 11 is 0. The van der Waals surface area contributed by atoms with Gasteiger partial charge in [0.25, 0.3) is 5.91 Å². The molecule has 0 radical (unpaired) electrons. The Labute approximate surface area is 149 Å². The fourth-order valence-corrected chi connectivity index (χ4v) is 3.18. The number of amides is 1. The number of likely N-dealkylation sites (tertiary alicyclic amines) is 1. The number of nitrogens with zero attached hydrogens (tertiary/aromatic N) is 3. The minimum Gasteiger partial charge on any atom is -0.337 e. The van der Waals surface area contributed by atoms with Crippen LogP contribution in [0.3, 0.4) is 0 Å². The molecule has 2 heterocycles. The van der Waals surface area contributed by atoms with Crippen molar-refractivity contribution in [2.24, 2.45) is 0 Å². The Balaban J connectivity index is 1.85. The lowest BCUT2D eigenvalue weighted by molar-refractivity contribution is 0.0755. The summed E-state index contributed by atoms with van der Waals surface area (Å²) in [5, 5.41) is 3.27. The summed E-state index contributed by atoms with van der Waals surface area (Å²) in [4.78, 5) is 23.7. The van der Waals surface area contributed by atoms with Gasteiger partial charge >= 0.3 is 0 Å². The van der Waals surface area contributed by atoms with Crippen molar-refractivity contribution in [3.8, 4) is 0 Å². The molecule has 1 aromatic carbocycles. The number of carbonyl (C=O) groups is 1. The predicted octanol–water partition coefficient (Wildman–Crippen LogP) is 4.16. The maximum absolute atomic E-state index is 12.8. The first-order valence-corrected chi connectivity index (χ1v) is 9.03. The minimum absolute atomic E-state index is 0.0106. The first kappa shape index (κ1) is 17.4. The molecule has 0 unspecified atom stereocenters. The predicted molar refractivity (Wildman–Crippen MR) is 100 cm³/mol. The summed E-state index contributed by atoms with van der Waals surface area (Å²) < 4.78 is 0. The van der Waals surface area contributed by atoms with Gasteiger partial charge in [0, 0.05) is 24.5 Å². The van der Waals surface area contributed by atoms with Crippen molar-refractivity contribution in [1.29, 1.82) is 0 Å². The van der Waals surface area contributed by atoms with Gasteiger partial charge in [-0.3, -0.25) is 4.79 Å². The van der Waals surface area contributed by atoms with Crippen molar-refractivity contribution in [2.45, 2.75) is 46.5 Å².